The molecular weight excluding hydrogens is 379 g/mol. The fourth-order valence-corrected chi connectivity index (χ4v) is 2.40. The number of hydrogen-bond acceptors (Lipinski definition) is 3. The summed E-state index contributed by atoms with van der Waals surface area (Å²) in [5.41, 5.74) is 1.20. The van der Waals surface area contributed by atoms with Crippen LogP contribution in [0.25, 0.3) is 0 Å². The van der Waals surface area contributed by atoms with Crippen molar-refractivity contribution in [2.45, 2.75) is 32.3 Å². The van der Waals surface area contributed by atoms with Gasteiger partial charge in [0.05, 0.1) is 33.0 Å². The van der Waals surface area contributed by atoms with Gasteiger partial charge < -0.3 is 14.2 Å². The van der Waals surface area contributed by atoms with Crippen molar-refractivity contribution in [1.29, 1.82) is 0 Å². The molecule has 0 aromatic heterocycles. The summed E-state index contributed by atoms with van der Waals surface area (Å²) in [7, 11) is 0. The molecule has 0 bridgehead atoms. The third kappa shape index (κ3) is 12.1. The summed E-state index contributed by atoms with van der Waals surface area (Å²) in [5, 5.41) is 0. The molecule has 0 unspecified atom stereocenters. The average Bonchev–Trinajstić information content (AvgIpc) is 2.53. The molecule has 0 N–H and O–H groups in total. The van der Waals surface area contributed by atoms with E-state index in [0.29, 0.717) is 33.0 Å². The van der Waals surface area contributed by atoms with Gasteiger partial charge in [-0.05, 0) is 22.8 Å². The third-order valence-electron chi connectivity index (χ3n) is 3.03. The van der Waals surface area contributed by atoms with Crippen molar-refractivity contribution in [3.8, 4) is 0 Å². The molecule has 120 valence electrons. The number of ether oxygens (including phenoxy) is 3. The zero-order valence-electron chi connectivity index (χ0n) is 12.8. The minimum atomic E-state index is 0.630. The Kier molecular flexibility index (Phi) is 13.3. The SMILES string of the molecule is ICCCCCCOCCOCCOCc1ccccc1. The quantitative estimate of drug-likeness (QED) is 0.263. The topological polar surface area (TPSA) is 27.7 Å². The number of unbranched alkanes of at least 4 members (excludes halogenated alkanes) is 3. The van der Waals surface area contributed by atoms with Crippen molar-refractivity contribution in [1.82, 2.24) is 0 Å². The number of halogens is 1. The van der Waals surface area contributed by atoms with E-state index < -0.39 is 0 Å². The van der Waals surface area contributed by atoms with Crippen LogP contribution in [-0.2, 0) is 20.8 Å². The number of alkyl halides is 1. The van der Waals surface area contributed by atoms with E-state index in [0.717, 1.165) is 13.0 Å². The monoisotopic (exact) mass is 406 g/mol. The maximum atomic E-state index is 5.54. The number of rotatable bonds is 14. The highest BCUT2D eigenvalue weighted by Crippen LogP contribution is 2.02. The molecule has 1 aromatic carbocycles. The zero-order valence-corrected chi connectivity index (χ0v) is 14.9. The minimum absolute atomic E-state index is 0.630. The van der Waals surface area contributed by atoms with E-state index in [1.54, 1.807) is 0 Å². The van der Waals surface area contributed by atoms with Crippen LogP contribution in [-0.4, -0.2) is 37.5 Å². The molecule has 0 atom stereocenters. The molecule has 0 fully saturated rings. The lowest BCUT2D eigenvalue weighted by molar-refractivity contribution is 0.0100. The van der Waals surface area contributed by atoms with E-state index in [2.05, 4.69) is 34.7 Å². The highest BCUT2D eigenvalue weighted by molar-refractivity contribution is 14.1. The highest BCUT2D eigenvalue weighted by Gasteiger charge is 1.94. The Morgan fingerprint density at radius 2 is 1.29 bits per heavy atom. The first-order chi connectivity index (χ1) is 10.4. The van der Waals surface area contributed by atoms with Gasteiger partial charge in [-0.3, -0.25) is 0 Å². The second-order valence-corrected chi connectivity index (χ2v) is 5.94. The Balaban J connectivity index is 1.75. The van der Waals surface area contributed by atoms with Crippen LogP contribution < -0.4 is 0 Å². The first kappa shape index (κ1) is 18.9. The molecule has 1 aromatic rings. The predicted octanol–water partition coefficient (Wildman–Crippen LogP) is 4.23. The van der Waals surface area contributed by atoms with E-state index in [9.17, 15) is 0 Å². The largest absolute Gasteiger partial charge is 0.379 e. The minimum Gasteiger partial charge on any atom is -0.379 e. The third-order valence-corrected chi connectivity index (χ3v) is 3.79. The van der Waals surface area contributed by atoms with Gasteiger partial charge in [-0.1, -0.05) is 65.8 Å². The smallest absolute Gasteiger partial charge is 0.0718 e. The molecular formula is C17H27IO3. The van der Waals surface area contributed by atoms with Crippen LogP contribution in [0, 0.1) is 0 Å². The number of benzene rings is 1. The molecule has 4 heteroatoms. The molecule has 1 rings (SSSR count). The van der Waals surface area contributed by atoms with Gasteiger partial charge >= 0.3 is 0 Å². The van der Waals surface area contributed by atoms with Crippen molar-refractivity contribution >= 4 is 22.6 Å². The van der Waals surface area contributed by atoms with Crippen LogP contribution in [0.3, 0.4) is 0 Å². The molecule has 0 aliphatic carbocycles. The van der Waals surface area contributed by atoms with E-state index >= 15 is 0 Å². The van der Waals surface area contributed by atoms with E-state index in [-0.39, 0.29) is 0 Å². The van der Waals surface area contributed by atoms with Crippen molar-refractivity contribution in [2.24, 2.45) is 0 Å². The molecule has 0 spiro atoms. The van der Waals surface area contributed by atoms with Gasteiger partial charge in [-0.25, -0.2) is 0 Å². The molecule has 0 saturated carbocycles. The maximum Gasteiger partial charge on any atom is 0.0718 e. The predicted molar refractivity (Wildman–Crippen MR) is 95.1 cm³/mol. The summed E-state index contributed by atoms with van der Waals surface area (Å²) in [6.45, 7) is 4.11. The summed E-state index contributed by atoms with van der Waals surface area (Å²) in [6.07, 6.45) is 5.09. The normalized spacial score (nSPS) is 10.9. The highest BCUT2D eigenvalue weighted by atomic mass is 127. The van der Waals surface area contributed by atoms with Crippen LogP contribution in [0.1, 0.15) is 31.2 Å². The Morgan fingerprint density at radius 1 is 0.667 bits per heavy atom. The van der Waals surface area contributed by atoms with Gasteiger partial charge in [0.2, 0.25) is 0 Å². The van der Waals surface area contributed by atoms with Crippen LogP contribution in [0.15, 0.2) is 30.3 Å². The molecule has 0 aliphatic heterocycles. The van der Waals surface area contributed by atoms with Crippen LogP contribution in [0.4, 0.5) is 0 Å². The fraction of sp³-hybridized carbons (Fsp3) is 0.647. The van der Waals surface area contributed by atoms with Crippen molar-refractivity contribution < 1.29 is 14.2 Å². The molecule has 21 heavy (non-hydrogen) atoms. The molecule has 0 radical (unpaired) electrons. The van der Waals surface area contributed by atoms with Crippen molar-refractivity contribution in [2.75, 3.05) is 37.5 Å². The molecule has 0 heterocycles. The second kappa shape index (κ2) is 14.8. The van der Waals surface area contributed by atoms with Crippen LogP contribution >= 0.6 is 22.6 Å². The zero-order chi connectivity index (χ0) is 15.0. The van der Waals surface area contributed by atoms with Crippen molar-refractivity contribution in [3.05, 3.63) is 35.9 Å². The van der Waals surface area contributed by atoms with Gasteiger partial charge in [0.1, 0.15) is 0 Å². The van der Waals surface area contributed by atoms with Gasteiger partial charge in [-0.15, -0.1) is 0 Å². The van der Waals surface area contributed by atoms with Gasteiger partial charge in [-0.2, -0.15) is 0 Å². The second-order valence-electron chi connectivity index (χ2n) is 4.87. The lowest BCUT2D eigenvalue weighted by Gasteiger charge is -2.07. The molecule has 0 amide bonds. The van der Waals surface area contributed by atoms with Gasteiger partial charge in [0.15, 0.2) is 0 Å². The average molecular weight is 406 g/mol. The molecule has 0 aliphatic rings. The van der Waals surface area contributed by atoms with E-state index in [4.69, 9.17) is 14.2 Å². The van der Waals surface area contributed by atoms with Crippen molar-refractivity contribution in [3.63, 3.8) is 0 Å². The van der Waals surface area contributed by atoms with Gasteiger partial charge in [0, 0.05) is 6.61 Å². The summed E-state index contributed by atoms with van der Waals surface area (Å²) in [4.78, 5) is 0. The fourth-order valence-electron chi connectivity index (χ4n) is 1.86. The summed E-state index contributed by atoms with van der Waals surface area (Å²) in [5.74, 6) is 0. The first-order valence-electron chi connectivity index (χ1n) is 7.76. The summed E-state index contributed by atoms with van der Waals surface area (Å²) < 4.78 is 17.8. The Hall–Kier alpha value is -0.170. The molecule has 0 saturated heterocycles. The lowest BCUT2D eigenvalue weighted by atomic mass is 10.2. The first-order valence-corrected chi connectivity index (χ1v) is 9.29. The van der Waals surface area contributed by atoms with Gasteiger partial charge in [0.25, 0.3) is 0 Å². The maximum absolute atomic E-state index is 5.54. The van der Waals surface area contributed by atoms with Crippen LogP contribution in [0.2, 0.25) is 0 Å². The molecule has 3 nitrogen and oxygen atoms in total. The number of hydrogen-bond donors (Lipinski definition) is 0. The lowest BCUT2D eigenvalue weighted by Crippen LogP contribution is -2.09. The summed E-state index contributed by atoms with van der Waals surface area (Å²) >= 11 is 2.43. The Morgan fingerprint density at radius 3 is 2.00 bits per heavy atom. The van der Waals surface area contributed by atoms with E-state index in [1.165, 1.54) is 29.3 Å². The summed E-state index contributed by atoms with van der Waals surface area (Å²) in [6, 6.07) is 10.2. The standard InChI is InChI=1S/C17H27IO3/c18-10-6-1-2-7-11-19-12-13-20-14-15-21-16-17-8-4-3-5-9-17/h3-5,8-9H,1-2,6-7,10-16H2. The Bertz CT molecular complexity index is 319. The van der Waals surface area contributed by atoms with Crippen LogP contribution in [0.5, 0.6) is 0 Å². The Labute approximate surface area is 142 Å². The van der Waals surface area contributed by atoms with E-state index in [1.807, 2.05) is 18.2 Å².